The highest BCUT2D eigenvalue weighted by Gasteiger charge is 2.19. The minimum atomic E-state index is -0.120. The smallest absolute Gasteiger partial charge is 0.123 e. The Balaban J connectivity index is 2.30. The van der Waals surface area contributed by atoms with Crippen LogP contribution in [0.5, 0.6) is 0 Å². The molecule has 1 aliphatic carbocycles. The van der Waals surface area contributed by atoms with E-state index >= 15 is 0 Å². The van der Waals surface area contributed by atoms with E-state index in [4.69, 9.17) is 0 Å². The second-order valence-electron chi connectivity index (χ2n) is 3.31. The first-order chi connectivity index (χ1) is 5.79. The summed E-state index contributed by atoms with van der Waals surface area (Å²) in [7, 11) is 1.95. The van der Waals surface area contributed by atoms with Crippen LogP contribution in [-0.2, 0) is 12.8 Å². The van der Waals surface area contributed by atoms with Gasteiger partial charge in [0.1, 0.15) is 5.82 Å². The Kier molecular flexibility index (Phi) is 1.85. The number of hydrogen-bond acceptors (Lipinski definition) is 1. The molecule has 2 heteroatoms. The molecule has 1 aromatic carbocycles. The van der Waals surface area contributed by atoms with Crippen molar-refractivity contribution in [1.82, 2.24) is 5.32 Å². The van der Waals surface area contributed by atoms with E-state index in [1.165, 1.54) is 11.6 Å². The van der Waals surface area contributed by atoms with Gasteiger partial charge in [-0.15, -0.1) is 0 Å². The zero-order valence-electron chi connectivity index (χ0n) is 7.10. The quantitative estimate of drug-likeness (QED) is 0.665. The molecule has 1 unspecified atom stereocenters. The molecule has 0 heterocycles. The Morgan fingerprint density at radius 1 is 1.33 bits per heavy atom. The molecule has 0 bridgehead atoms. The van der Waals surface area contributed by atoms with Crippen LogP contribution in [-0.4, -0.2) is 13.1 Å². The van der Waals surface area contributed by atoms with Gasteiger partial charge in [-0.25, -0.2) is 4.39 Å². The Hall–Kier alpha value is -0.890. The number of benzene rings is 1. The van der Waals surface area contributed by atoms with Crippen molar-refractivity contribution in [1.29, 1.82) is 0 Å². The van der Waals surface area contributed by atoms with E-state index in [1.54, 1.807) is 6.07 Å². The van der Waals surface area contributed by atoms with Gasteiger partial charge in [0.2, 0.25) is 0 Å². The summed E-state index contributed by atoms with van der Waals surface area (Å²) in [6.07, 6.45) is 2.00. The van der Waals surface area contributed by atoms with Crippen molar-refractivity contribution in [2.24, 2.45) is 0 Å². The zero-order chi connectivity index (χ0) is 8.55. The molecule has 2 rings (SSSR count). The van der Waals surface area contributed by atoms with Gasteiger partial charge in [-0.3, -0.25) is 0 Å². The van der Waals surface area contributed by atoms with E-state index < -0.39 is 0 Å². The molecule has 0 saturated heterocycles. The first-order valence-electron chi connectivity index (χ1n) is 4.24. The van der Waals surface area contributed by atoms with Crippen LogP contribution in [0.4, 0.5) is 4.39 Å². The molecule has 0 radical (unpaired) electrons. The molecular weight excluding hydrogens is 153 g/mol. The van der Waals surface area contributed by atoms with E-state index in [9.17, 15) is 4.39 Å². The lowest BCUT2D eigenvalue weighted by atomic mass is 10.1. The highest BCUT2D eigenvalue weighted by atomic mass is 19.1. The molecule has 1 nitrogen and oxygen atoms in total. The summed E-state index contributed by atoms with van der Waals surface area (Å²) in [6.45, 7) is 0. The lowest BCUT2D eigenvalue weighted by molar-refractivity contribution is 0.592. The van der Waals surface area contributed by atoms with Crippen molar-refractivity contribution in [2.75, 3.05) is 7.05 Å². The Morgan fingerprint density at radius 2 is 2.08 bits per heavy atom. The van der Waals surface area contributed by atoms with Crippen molar-refractivity contribution in [3.05, 3.63) is 35.1 Å². The van der Waals surface area contributed by atoms with Gasteiger partial charge in [0, 0.05) is 6.04 Å². The average molecular weight is 165 g/mol. The fourth-order valence-electron chi connectivity index (χ4n) is 1.79. The molecule has 0 amide bonds. The highest BCUT2D eigenvalue weighted by molar-refractivity contribution is 5.33. The predicted octanol–water partition coefficient (Wildman–Crippen LogP) is 1.51. The summed E-state index contributed by atoms with van der Waals surface area (Å²) in [6, 6.07) is 5.58. The third-order valence-corrected chi connectivity index (χ3v) is 2.51. The summed E-state index contributed by atoms with van der Waals surface area (Å²) in [5, 5.41) is 3.21. The SMILES string of the molecule is CNC1Cc2ccc(F)cc2C1. The van der Waals surface area contributed by atoms with E-state index in [0.29, 0.717) is 6.04 Å². The summed E-state index contributed by atoms with van der Waals surface area (Å²) in [5.74, 6) is -0.120. The van der Waals surface area contributed by atoms with Crippen molar-refractivity contribution < 1.29 is 4.39 Å². The lowest BCUT2D eigenvalue weighted by Gasteiger charge is -2.04. The van der Waals surface area contributed by atoms with Crippen LogP contribution in [0.25, 0.3) is 0 Å². The molecule has 0 aliphatic heterocycles. The Bertz CT molecular complexity index is 296. The fourth-order valence-corrected chi connectivity index (χ4v) is 1.79. The Labute approximate surface area is 71.6 Å². The summed E-state index contributed by atoms with van der Waals surface area (Å²) in [5.41, 5.74) is 2.45. The van der Waals surface area contributed by atoms with E-state index in [2.05, 4.69) is 5.32 Å². The van der Waals surface area contributed by atoms with Crippen LogP contribution in [0, 0.1) is 5.82 Å². The average Bonchev–Trinajstić information content (AvgIpc) is 2.46. The van der Waals surface area contributed by atoms with Crippen LogP contribution < -0.4 is 5.32 Å². The predicted molar refractivity (Wildman–Crippen MR) is 46.7 cm³/mol. The van der Waals surface area contributed by atoms with Crippen LogP contribution in [0.15, 0.2) is 18.2 Å². The van der Waals surface area contributed by atoms with Gasteiger partial charge in [0.25, 0.3) is 0 Å². The largest absolute Gasteiger partial charge is 0.316 e. The minimum absolute atomic E-state index is 0.120. The van der Waals surface area contributed by atoms with Crippen molar-refractivity contribution >= 4 is 0 Å². The van der Waals surface area contributed by atoms with Gasteiger partial charge in [0.05, 0.1) is 0 Å². The zero-order valence-corrected chi connectivity index (χ0v) is 7.10. The summed E-state index contributed by atoms with van der Waals surface area (Å²) < 4.78 is 12.8. The van der Waals surface area contributed by atoms with Crippen molar-refractivity contribution in [3.63, 3.8) is 0 Å². The molecule has 64 valence electrons. The van der Waals surface area contributed by atoms with Crippen molar-refractivity contribution in [3.8, 4) is 0 Å². The molecule has 12 heavy (non-hydrogen) atoms. The standard InChI is InChI=1S/C10H12FN/c1-12-10-5-7-2-3-9(11)4-8(7)6-10/h2-4,10,12H,5-6H2,1H3. The van der Waals surface area contributed by atoms with Crippen LogP contribution in [0.3, 0.4) is 0 Å². The maximum Gasteiger partial charge on any atom is 0.123 e. The maximum absolute atomic E-state index is 12.8. The fraction of sp³-hybridized carbons (Fsp3) is 0.400. The topological polar surface area (TPSA) is 12.0 Å². The molecule has 1 aliphatic rings. The number of nitrogens with one attached hydrogen (secondary N) is 1. The van der Waals surface area contributed by atoms with Gasteiger partial charge < -0.3 is 5.32 Å². The second-order valence-corrected chi connectivity index (χ2v) is 3.31. The summed E-state index contributed by atoms with van der Waals surface area (Å²) in [4.78, 5) is 0. The number of fused-ring (bicyclic) bond motifs is 1. The molecule has 1 aromatic rings. The van der Waals surface area contributed by atoms with E-state index in [-0.39, 0.29) is 5.82 Å². The molecule has 1 atom stereocenters. The molecule has 1 N–H and O–H groups in total. The van der Waals surface area contributed by atoms with Gasteiger partial charge in [-0.1, -0.05) is 6.07 Å². The molecular formula is C10H12FN. The Morgan fingerprint density at radius 3 is 2.83 bits per heavy atom. The van der Waals surface area contributed by atoms with Crippen LogP contribution in [0.1, 0.15) is 11.1 Å². The first kappa shape index (κ1) is 7.74. The normalized spacial score (nSPS) is 21.0. The van der Waals surface area contributed by atoms with Gasteiger partial charge >= 0.3 is 0 Å². The first-order valence-corrected chi connectivity index (χ1v) is 4.24. The minimum Gasteiger partial charge on any atom is -0.316 e. The third kappa shape index (κ3) is 1.23. The van der Waals surface area contributed by atoms with E-state index in [1.807, 2.05) is 13.1 Å². The monoisotopic (exact) mass is 165 g/mol. The number of rotatable bonds is 1. The molecule has 0 fully saturated rings. The number of hydrogen-bond donors (Lipinski definition) is 1. The van der Waals surface area contributed by atoms with Gasteiger partial charge in [0.15, 0.2) is 0 Å². The van der Waals surface area contributed by atoms with E-state index in [0.717, 1.165) is 18.4 Å². The third-order valence-electron chi connectivity index (χ3n) is 2.51. The second kappa shape index (κ2) is 2.87. The van der Waals surface area contributed by atoms with Crippen LogP contribution >= 0.6 is 0 Å². The van der Waals surface area contributed by atoms with Crippen LogP contribution in [0.2, 0.25) is 0 Å². The number of likely N-dealkylation sites (N-methyl/N-ethyl adjacent to an activating group) is 1. The molecule has 0 aromatic heterocycles. The molecule has 0 saturated carbocycles. The highest BCUT2D eigenvalue weighted by Crippen LogP contribution is 2.22. The van der Waals surface area contributed by atoms with Crippen molar-refractivity contribution in [2.45, 2.75) is 18.9 Å². The van der Waals surface area contributed by atoms with Gasteiger partial charge in [-0.2, -0.15) is 0 Å². The number of halogens is 1. The molecule has 0 spiro atoms. The summed E-state index contributed by atoms with van der Waals surface area (Å²) >= 11 is 0. The lowest BCUT2D eigenvalue weighted by Crippen LogP contribution is -2.24. The maximum atomic E-state index is 12.8. The van der Waals surface area contributed by atoms with Gasteiger partial charge in [-0.05, 0) is 43.1 Å².